The van der Waals surface area contributed by atoms with E-state index in [4.69, 9.17) is 26.6 Å². The van der Waals surface area contributed by atoms with Crippen molar-refractivity contribution in [1.29, 1.82) is 0 Å². The zero-order valence-corrected chi connectivity index (χ0v) is 33.9. The van der Waals surface area contributed by atoms with E-state index in [1.54, 1.807) is 0 Å². The predicted molar refractivity (Wildman–Crippen MR) is 180 cm³/mol. The molecule has 0 aliphatic carbocycles. The van der Waals surface area contributed by atoms with E-state index in [0.717, 1.165) is 37.4 Å². The quantitative estimate of drug-likeness (QED) is 0.0830. The topological polar surface area (TPSA) is 55.4 Å². The van der Waals surface area contributed by atoms with Gasteiger partial charge in [-0.3, -0.25) is 0 Å². The summed E-state index contributed by atoms with van der Waals surface area (Å²) in [6.45, 7) is 27.6. The van der Waals surface area contributed by atoms with E-state index in [1.165, 1.54) is 25.7 Å². The molecule has 0 aliphatic heterocycles. The molecule has 2 atom stereocenters. The van der Waals surface area contributed by atoms with Crippen LogP contribution in [0.5, 0.6) is 0 Å². The van der Waals surface area contributed by atoms with Crippen LogP contribution in [0.25, 0.3) is 0 Å². The van der Waals surface area contributed by atoms with Crippen molar-refractivity contribution in [3.63, 3.8) is 0 Å². The lowest BCUT2D eigenvalue weighted by atomic mass is 10.1. The molecule has 0 aromatic heterocycles. The Hall–Kier alpha value is 1.06. The fourth-order valence-corrected chi connectivity index (χ4v) is 17.6. The molecule has 0 amide bonds. The molecule has 38 heavy (non-hydrogen) atoms. The Balaban J connectivity index is 4.75. The summed E-state index contributed by atoms with van der Waals surface area (Å²) in [5.41, 5.74) is 0. The average Bonchev–Trinajstić information content (AvgIpc) is 2.76. The van der Waals surface area contributed by atoms with Gasteiger partial charge in [-0.2, -0.15) is 0 Å². The van der Waals surface area contributed by atoms with E-state index >= 15 is 0 Å². The Bertz CT molecular complexity index is 536. The van der Waals surface area contributed by atoms with Crippen molar-refractivity contribution in [2.45, 2.75) is 129 Å². The van der Waals surface area contributed by atoms with E-state index in [2.05, 4.69) is 78.6 Å². The Morgan fingerprint density at radius 1 is 0.368 bits per heavy atom. The van der Waals surface area contributed by atoms with Gasteiger partial charge in [0.25, 0.3) is 0 Å². The van der Waals surface area contributed by atoms with Gasteiger partial charge in [0, 0.05) is 26.7 Å². The van der Waals surface area contributed by atoms with Crippen molar-refractivity contribution >= 4 is 49.9 Å². The lowest BCUT2D eigenvalue weighted by Gasteiger charge is -2.34. The van der Waals surface area contributed by atoms with Crippen LogP contribution in [-0.4, -0.2) is 89.0 Å². The van der Waals surface area contributed by atoms with Crippen LogP contribution in [0.3, 0.4) is 0 Å². The molecule has 0 aromatic rings. The third-order valence-electron chi connectivity index (χ3n) is 6.10. The molecule has 0 aliphatic rings. The molecular formula is C26H66O6Si6. The lowest BCUT2D eigenvalue weighted by Crippen LogP contribution is -2.51. The van der Waals surface area contributed by atoms with Gasteiger partial charge in [0.15, 0.2) is 16.6 Å². The van der Waals surface area contributed by atoms with Gasteiger partial charge in [0.1, 0.15) is 0 Å². The molecule has 12 heteroatoms. The third kappa shape index (κ3) is 20.9. The Kier molecular flexibility index (Phi) is 17.7. The van der Waals surface area contributed by atoms with Gasteiger partial charge in [-0.15, -0.1) is 0 Å². The van der Waals surface area contributed by atoms with Crippen LogP contribution >= 0.6 is 0 Å². The molecule has 0 aromatic carbocycles. The first-order valence-electron chi connectivity index (χ1n) is 14.8. The first-order chi connectivity index (χ1) is 17.2. The number of hydrogen-bond donors (Lipinski definition) is 0. The van der Waals surface area contributed by atoms with Crippen LogP contribution in [0.15, 0.2) is 0 Å². The summed E-state index contributed by atoms with van der Waals surface area (Å²) in [7, 11) is -6.84. The Labute approximate surface area is 244 Å². The first-order valence-corrected chi connectivity index (χ1v) is 33.5. The fraction of sp³-hybridized carbons (Fsp3) is 1.00. The van der Waals surface area contributed by atoms with Crippen LogP contribution in [-0.2, 0) is 26.6 Å². The summed E-state index contributed by atoms with van der Waals surface area (Å²) < 4.78 is 38.0. The molecule has 0 heterocycles. The second kappa shape index (κ2) is 17.2. The largest absolute Gasteiger partial charge is 0.416 e. The minimum Gasteiger partial charge on any atom is -0.416 e. The molecule has 0 spiro atoms. The molecule has 0 bridgehead atoms. The highest BCUT2D eigenvalue weighted by Gasteiger charge is 2.41. The molecule has 0 N–H and O–H groups in total. The Morgan fingerprint density at radius 2 is 0.658 bits per heavy atom. The monoisotopic (exact) mass is 642 g/mol. The van der Waals surface area contributed by atoms with Crippen LogP contribution in [0, 0.1) is 0 Å². The average molecular weight is 643 g/mol. The van der Waals surface area contributed by atoms with Crippen LogP contribution in [0.1, 0.15) is 38.5 Å². The second-order valence-corrected chi connectivity index (χ2v) is 41.8. The lowest BCUT2D eigenvalue weighted by molar-refractivity contribution is 0.189. The van der Waals surface area contributed by atoms with Crippen molar-refractivity contribution in [3.05, 3.63) is 0 Å². The van der Waals surface area contributed by atoms with Gasteiger partial charge in [-0.25, -0.2) is 0 Å². The van der Waals surface area contributed by atoms with E-state index in [9.17, 15) is 0 Å². The molecule has 0 saturated carbocycles. The predicted octanol–water partition coefficient (Wildman–Crippen LogP) is 8.07. The van der Waals surface area contributed by atoms with E-state index in [1.807, 2.05) is 14.2 Å². The van der Waals surface area contributed by atoms with Gasteiger partial charge in [0.05, 0.1) is 28.6 Å². The van der Waals surface area contributed by atoms with Crippen molar-refractivity contribution in [1.82, 2.24) is 0 Å². The maximum Gasteiger partial charge on any atom is 0.362 e. The maximum atomic E-state index is 6.57. The molecule has 6 nitrogen and oxygen atoms in total. The first kappa shape index (κ1) is 39.1. The van der Waals surface area contributed by atoms with E-state index in [0.29, 0.717) is 12.5 Å². The summed E-state index contributed by atoms with van der Waals surface area (Å²) in [5, 5.41) is 0. The standard InChI is InChI=1S/C26H66O6Si6/c1-27-37(25-29-35(9,10)11,31-23-33(3,4)5)21-19-17-15-16-18-20-22-38(28-2,26-30-36(12,13)14)32-24-34(6,7)8/h15-26H2,1-14H3. The minimum atomic E-state index is -2.33. The zero-order chi connectivity index (χ0) is 29.7. The summed E-state index contributed by atoms with van der Waals surface area (Å²) in [4.78, 5) is 0. The van der Waals surface area contributed by atoms with Crippen LogP contribution in [0.4, 0.5) is 0 Å². The van der Waals surface area contributed by atoms with Crippen molar-refractivity contribution in [3.8, 4) is 0 Å². The van der Waals surface area contributed by atoms with Gasteiger partial charge >= 0.3 is 17.1 Å². The molecule has 0 radical (unpaired) electrons. The highest BCUT2D eigenvalue weighted by atomic mass is 28.4. The van der Waals surface area contributed by atoms with Crippen molar-refractivity contribution in [2.24, 2.45) is 0 Å². The van der Waals surface area contributed by atoms with Gasteiger partial charge < -0.3 is 26.6 Å². The highest BCUT2D eigenvalue weighted by molar-refractivity contribution is 6.78. The number of rotatable bonds is 23. The van der Waals surface area contributed by atoms with Crippen LogP contribution in [0.2, 0.25) is 90.7 Å². The third-order valence-corrected chi connectivity index (χ3v) is 17.5. The zero-order valence-electron chi connectivity index (χ0n) is 27.9. The van der Waals surface area contributed by atoms with Crippen molar-refractivity contribution in [2.75, 3.05) is 39.1 Å². The second-order valence-electron chi connectivity index (χ2n) is 15.4. The van der Waals surface area contributed by atoms with E-state index < -0.39 is 49.9 Å². The van der Waals surface area contributed by atoms with Gasteiger partial charge in [0.2, 0.25) is 0 Å². The Morgan fingerprint density at radius 3 is 0.895 bits per heavy atom. The fourth-order valence-electron chi connectivity index (χ4n) is 3.66. The molecule has 0 fully saturated rings. The normalized spacial score (nSPS) is 16.9. The van der Waals surface area contributed by atoms with Crippen LogP contribution < -0.4 is 0 Å². The van der Waals surface area contributed by atoms with Gasteiger partial charge in [-0.1, -0.05) is 77.8 Å². The minimum absolute atomic E-state index is 0.671. The summed E-state index contributed by atoms with van der Waals surface area (Å²) in [6, 6.07) is 2.05. The van der Waals surface area contributed by atoms with E-state index in [-0.39, 0.29) is 0 Å². The van der Waals surface area contributed by atoms with Crippen molar-refractivity contribution < 1.29 is 26.6 Å². The number of hydrogen-bond acceptors (Lipinski definition) is 6. The molecular weight excluding hydrogens is 577 g/mol. The summed E-state index contributed by atoms with van der Waals surface area (Å²) in [6.07, 6.45) is 10.3. The molecule has 2 unspecified atom stereocenters. The van der Waals surface area contributed by atoms with Gasteiger partial charge in [-0.05, 0) is 51.4 Å². The molecule has 0 saturated heterocycles. The highest BCUT2D eigenvalue weighted by Crippen LogP contribution is 2.24. The number of unbranched alkanes of at least 4 members (excludes halogenated alkanes) is 5. The SMILES string of the molecule is CO[Si](CCCCCCCC[Si](CO[Si](C)(C)C)(OC)OC[Si](C)(C)C)(CO[Si](C)(C)C)OC[Si](C)(C)C. The summed E-state index contributed by atoms with van der Waals surface area (Å²) in [5.74, 6) is 0. The molecule has 230 valence electrons. The maximum absolute atomic E-state index is 6.57. The smallest absolute Gasteiger partial charge is 0.362 e. The summed E-state index contributed by atoms with van der Waals surface area (Å²) >= 11 is 0. The molecule has 0 rings (SSSR count).